The molecule has 1 atom stereocenters. The van der Waals surface area contributed by atoms with E-state index in [-0.39, 0.29) is 12.5 Å². The summed E-state index contributed by atoms with van der Waals surface area (Å²) >= 11 is 0. The van der Waals surface area contributed by atoms with E-state index in [1.807, 2.05) is 25.1 Å². The number of carboxylic acids is 1. The Bertz CT molecular complexity index is 771. The number of nitrogens with one attached hydrogen (secondary N) is 1. The van der Waals surface area contributed by atoms with Crippen LogP contribution in [0.15, 0.2) is 36.5 Å². The Hall–Kier alpha value is -2.67. The average Bonchev–Trinajstić information content (AvgIpc) is 3.17. The molecule has 7 heteroatoms. The van der Waals surface area contributed by atoms with Crippen LogP contribution < -0.4 is 5.32 Å². The monoisotopic (exact) mass is 342 g/mol. The van der Waals surface area contributed by atoms with Gasteiger partial charge in [-0.2, -0.15) is 5.10 Å². The molecule has 2 heterocycles. The summed E-state index contributed by atoms with van der Waals surface area (Å²) in [5.41, 5.74) is 2.27. The fourth-order valence-corrected chi connectivity index (χ4v) is 3.21. The van der Waals surface area contributed by atoms with Gasteiger partial charge in [-0.1, -0.05) is 29.8 Å². The van der Waals surface area contributed by atoms with Crippen LogP contribution >= 0.6 is 0 Å². The van der Waals surface area contributed by atoms with E-state index in [1.165, 1.54) is 5.56 Å². The predicted molar refractivity (Wildman–Crippen MR) is 93.4 cm³/mol. The van der Waals surface area contributed by atoms with E-state index in [2.05, 4.69) is 16.5 Å². The summed E-state index contributed by atoms with van der Waals surface area (Å²) in [6, 6.07) is 9.29. The van der Waals surface area contributed by atoms with E-state index in [9.17, 15) is 14.7 Å². The Morgan fingerprint density at radius 1 is 1.36 bits per heavy atom. The Labute approximate surface area is 146 Å². The van der Waals surface area contributed by atoms with Crippen molar-refractivity contribution in [3.05, 3.63) is 47.7 Å². The largest absolute Gasteiger partial charge is 0.480 e. The van der Waals surface area contributed by atoms with Crippen LogP contribution in [-0.2, 0) is 16.1 Å². The van der Waals surface area contributed by atoms with Gasteiger partial charge in [-0.15, -0.1) is 0 Å². The molecular weight excluding hydrogens is 320 g/mol. The van der Waals surface area contributed by atoms with Crippen molar-refractivity contribution in [2.45, 2.75) is 32.4 Å². The van der Waals surface area contributed by atoms with Crippen LogP contribution in [0.3, 0.4) is 0 Å². The van der Waals surface area contributed by atoms with Gasteiger partial charge in [0, 0.05) is 6.07 Å². The highest BCUT2D eigenvalue weighted by Crippen LogP contribution is 2.17. The quantitative estimate of drug-likeness (QED) is 0.835. The maximum atomic E-state index is 12.3. The predicted octanol–water partition coefficient (Wildman–Crippen LogP) is 1.73. The summed E-state index contributed by atoms with van der Waals surface area (Å²) in [4.78, 5) is 25.2. The molecule has 0 radical (unpaired) electrons. The molecule has 1 saturated heterocycles. The number of rotatable bonds is 6. The Kier molecular flexibility index (Phi) is 5.14. The van der Waals surface area contributed by atoms with Crippen molar-refractivity contribution < 1.29 is 14.7 Å². The molecule has 0 bridgehead atoms. The first kappa shape index (κ1) is 17.2. The number of benzene rings is 1. The number of nitrogens with zero attached hydrogens (tertiary/aromatic N) is 3. The van der Waals surface area contributed by atoms with Crippen LogP contribution in [0.1, 0.15) is 24.0 Å². The Morgan fingerprint density at radius 2 is 2.20 bits per heavy atom. The molecule has 1 aliphatic heterocycles. The second kappa shape index (κ2) is 7.48. The number of likely N-dealkylation sites (tertiary alicyclic amines) is 1. The number of amides is 1. The number of anilines is 1. The minimum absolute atomic E-state index is 0.0760. The van der Waals surface area contributed by atoms with Crippen LogP contribution in [0, 0.1) is 6.92 Å². The van der Waals surface area contributed by atoms with Crippen molar-refractivity contribution in [1.29, 1.82) is 0 Å². The highest BCUT2D eigenvalue weighted by atomic mass is 16.4. The van der Waals surface area contributed by atoms with Gasteiger partial charge in [-0.3, -0.25) is 14.5 Å². The van der Waals surface area contributed by atoms with E-state index < -0.39 is 12.0 Å². The topological polar surface area (TPSA) is 87.5 Å². The maximum absolute atomic E-state index is 12.3. The molecule has 1 aromatic heterocycles. The van der Waals surface area contributed by atoms with Gasteiger partial charge in [0.25, 0.3) is 0 Å². The lowest BCUT2D eigenvalue weighted by atomic mass is 10.1. The van der Waals surface area contributed by atoms with Gasteiger partial charge >= 0.3 is 5.97 Å². The fourth-order valence-electron chi connectivity index (χ4n) is 3.21. The number of carbonyl (C=O) groups is 2. The van der Waals surface area contributed by atoms with E-state index in [4.69, 9.17) is 0 Å². The van der Waals surface area contributed by atoms with E-state index in [0.29, 0.717) is 25.3 Å². The third-order valence-electron chi connectivity index (χ3n) is 4.39. The van der Waals surface area contributed by atoms with Crippen molar-refractivity contribution in [3.8, 4) is 0 Å². The molecule has 2 N–H and O–H groups in total. The van der Waals surface area contributed by atoms with E-state index >= 15 is 0 Å². The molecule has 0 aliphatic carbocycles. The summed E-state index contributed by atoms with van der Waals surface area (Å²) in [6.45, 7) is 3.30. The van der Waals surface area contributed by atoms with Crippen LogP contribution in [-0.4, -0.2) is 50.8 Å². The molecule has 132 valence electrons. The minimum atomic E-state index is -0.866. The summed E-state index contributed by atoms with van der Waals surface area (Å²) in [6.07, 6.45) is 3.03. The van der Waals surface area contributed by atoms with Gasteiger partial charge in [0.15, 0.2) is 0 Å². The SMILES string of the molecule is Cc1cccc(Cn2nccc2NC(=O)CN2CCCC2C(=O)O)c1. The van der Waals surface area contributed by atoms with Crippen molar-refractivity contribution >= 4 is 17.7 Å². The lowest BCUT2D eigenvalue weighted by Crippen LogP contribution is -2.41. The first-order valence-corrected chi connectivity index (χ1v) is 8.37. The molecule has 3 rings (SSSR count). The Balaban J connectivity index is 1.63. The molecule has 1 fully saturated rings. The molecule has 25 heavy (non-hydrogen) atoms. The Morgan fingerprint density at radius 3 is 2.96 bits per heavy atom. The van der Waals surface area contributed by atoms with Crippen molar-refractivity contribution in [2.24, 2.45) is 0 Å². The van der Waals surface area contributed by atoms with E-state index in [1.54, 1.807) is 21.8 Å². The zero-order chi connectivity index (χ0) is 17.8. The third kappa shape index (κ3) is 4.24. The van der Waals surface area contributed by atoms with Gasteiger partial charge in [0.2, 0.25) is 5.91 Å². The minimum Gasteiger partial charge on any atom is -0.480 e. The number of hydrogen-bond acceptors (Lipinski definition) is 4. The highest BCUT2D eigenvalue weighted by molar-refractivity contribution is 5.92. The molecule has 1 unspecified atom stereocenters. The number of aliphatic carboxylic acids is 1. The average molecular weight is 342 g/mol. The number of hydrogen-bond donors (Lipinski definition) is 2. The first-order chi connectivity index (χ1) is 12.0. The second-order valence-electron chi connectivity index (χ2n) is 6.38. The lowest BCUT2D eigenvalue weighted by Gasteiger charge is -2.20. The zero-order valence-corrected chi connectivity index (χ0v) is 14.2. The smallest absolute Gasteiger partial charge is 0.320 e. The molecule has 1 amide bonds. The normalized spacial score (nSPS) is 17.6. The van der Waals surface area contributed by atoms with E-state index in [0.717, 1.165) is 12.0 Å². The zero-order valence-electron chi connectivity index (χ0n) is 14.2. The number of aryl methyl sites for hydroxylation is 1. The molecule has 0 saturated carbocycles. The highest BCUT2D eigenvalue weighted by Gasteiger charge is 2.31. The van der Waals surface area contributed by atoms with Crippen LogP contribution in [0.25, 0.3) is 0 Å². The maximum Gasteiger partial charge on any atom is 0.320 e. The van der Waals surface area contributed by atoms with Gasteiger partial charge in [-0.05, 0) is 31.9 Å². The van der Waals surface area contributed by atoms with Crippen molar-refractivity contribution in [1.82, 2.24) is 14.7 Å². The third-order valence-corrected chi connectivity index (χ3v) is 4.39. The van der Waals surface area contributed by atoms with Crippen molar-refractivity contribution in [2.75, 3.05) is 18.4 Å². The van der Waals surface area contributed by atoms with Crippen molar-refractivity contribution in [3.63, 3.8) is 0 Å². The summed E-state index contributed by atoms with van der Waals surface area (Å²) < 4.78 is 1.73. The number of carbonyl (C=O) groups excluding carboxylic acids is 1. The number of carboxylic acid groups (broad SMARTS) is 1. The van der Waals surface area contributed by atoms with Gasteiger partial charge in [0.1, 0.15) is 11.9 Å². The second-order valence-corrected chi connectivity index (χ2v) is 6.38. The molecule has 1 aromatic carbocycles. The summed E-state index contributed by atoms with van der Waals surface area (Å²) in [5.74, 6) is -0.480. The standard InChI is InChI=1S/C18H22N4O3/c1-13-4-2-5-14(10-13)11-22-16(7-8-19-22)20-17(23)12-21-9-3-6-15(21)18(24)25/h2,4-5,7-8,10,15H,3,6,9,11-12H2,1H3,(H,20,23)(H,24,25). The molecule has 1 aliphatic rings. The van der Waals surface area contributed by atoms with Gasteiger partial charge < -0.3 is 10.4 Å². The van der Waals surface area contributed by atoms with Crippen LogP contribution in [0.4, 0.5) is 5.82 Å². The van der Waals surface area contributed by atoms with Gasteiger partial charge in [0.05, 0.1) is 19.3 Å². The fraction of sp³-hybridized carbons (Fsp3) is 0.389. The summed E-state index contributed by atoms with van der Waals surface area (Å²) in [7, 11) is 0. The first-order valence-electron chi connectivity index (χ1n) is 8.37. The molecule has 2 aromatic rings. The van der Waals surface area contributed by atoms with Crippen LogP contribution in [0.2, 0.25) is 0 Å². The molecule has 0 spiro atoms. The summed E-state index contributed by atoms with van der Waals surface area (Å²) in [5, 5.41) is 16.3. The molecular formula is C18H22N4O3. The molecule has 7 nitrogen and oxygen atoms in total. The van der Waals surface area contributed by atoms with Gasteiger partial charge in [-0.25, -0.2) is 4.68 Å². The lowest BCUT2D eigenvalue weighted by molar-refractivity contribution is -0.142. The van der Waals surface area contributed by atoms with Crippen LogP contribution in [0.5, 0.6) is 0 Å². The number of aromatic nitrogens is 2.